The molecule has 100 valence electrons. The smallest absolute Gasteiger partial charge is 0.396 e. The fraction of sp³-hybridized carbons (Fsp3) is 0.545. The Balaban J connectivity index is 2.62. The van der Waals surface area contributed by atoms with E-state index in [2.05, 4.69) is 0 Å². The highest BCUT2D eigenvalue weighted by Gasteiger charge is 2.30. The van der Waals surface area contributed by atoms with Gasteiger partial charge in [0, 0.05) is 30.0 Å². The number of rotatable bonds is 6. The topological polar surface area (TPSA) is 47.3 Å². The summed E-state index contributed by atoms with van der Waals surface area (Å²) in [5, 5.41) is 18.9. The first-order valence-corrected chi connectivity index (χ1v) is 6.20. The minimum absolute atomic E-state index is 0.137. The molecular formula is C11H13F3N2OS. The molecule has 0 radical (unpaired) electrons. The van der Waals surface area contributed by atoms with Gasteiger partial charge in [0.2, 0.25) is 0 Å². The summed E-state index contributed by atoms with van der Waals surface area (Å²) in [6, 6.07) is 3.53. The predicted molar refractivity (Wildman–Crippen MR) is 62.1 cm³/mol. The largest absolute Gasteiger partial charge is 0.401 e. The molecule has 7 heteroatoms. The van der Waals surface area contributed by atoms with E-state index in [-0.39, 0.29) is 19.7 Å². The first kappa shape index (κ1) is 15.0. The number of thiophene rings is 1. The zero-order valence-corrected chi connectivity index (χ0v) is 10.4. The molecule has 0 aliphatic carbocycles. The van der Waals surface area contributed by atoms with Crippen molar-refractivity contribution in [3.8, 4) is 6.07 Å². The van der Waals surface area contributed by atoms with Crippen LogP contribution in [-0.2, 0) is 6.54 Å². The average Bonchev–Trinajstić information content (AvgIpc) is 2.71. The minimum atomic E-state index is -4.26. The fourth-order valence-corrected chi connectivity index (χ4v) is 2.36. The zero-order chi connectivity index (χ0) is 13.6. The van der Waals surface area contributed by atoms with E-state index in [1.807, 2.05) is 6.07 Å². The van der Waals surface area contributed by atoms with Crippen molar-refractivity contribution in [2.45, 2.75) is 19.1 Å². The van der Waals surface area contributed by atoms with E-state index >= 15 is 0 Å². The molecular weight excluding hydrogens is 265 g/mol. The molecule has 0 aliphatic rings. The number of nitriles is 1. The Bertz CT molecular complexity index is 411. The Hall–Kier alpha value is -1.10. The summed E-state index contributed by atoms with van der Waals surface area (Å²) in [5.74, 6) is 0. The van der Waals surface area contributed by atoms with Crippen LogP contribution in [-0.4, -0.2) is 35.9 Å². The number of hydrogen-bond donors (Lipinski definition) is 1. The van der Waals surface area contributed by atoms with E-state index in [9.17, 15) is 13.2 Å². The molecule has 0 spiro atoms. The normalized spacial score (nSPS) is 11.8. The van der Waals surface area contributed by atoms with E-state index in [1.54, 1.807) is 11.4 Å². The number of alkyl halides is 3. The third kappa shape index (κ3) is 5.49. The van der Waals surface area contributed by atoms with E-state index in [0.717, 1.165) is 0 Å². The van der Waals surface area contributed by atoms with Gasteiger partial charge in [-0.3, -0.25) is 4.90 Å². The van der Waals surface area contributed by atoms with E-state index < -0.39 is 12.7 Å². The van der Waals surface area contributed by atoms with Crippen molar-refractivity contribution in [2.24, 2.45) is 0 Å². The Morgan fingerprint density at radius 3 is 2.67 bits per heavy atom. The lowest BCUT2D eigenvalue weighted by molar-refractivity contribution is -0.147. The molecule has 1 heterocycles. The van der Waals surface area contributed by atoms with Crippen LogP contribution in [0.25, 0.3) is 0 Å². The van der Waals surface area contributed by atoms with Crippen LogP contribution in [0.2, 0.25) is 0 Å². The molecule has 0 unspecified atom stereocenters. The maximum atomic E-state index is 12.4. The first-order chi connectivity index (χ1) is 8.44. The van der Waals surface area contributed by atoms with Crippen molar-refractivity contribution in [3.05, 3.63) is 21.9 Å². The van der Waals surface area contributed by atoms with E-state index in [1.165, 1.54) is 16.2 Å². The second-order valence-corrected chi connectivity index (χ2v) is 4.81. The zero-order valence-electron chi connectivity index (χ0n) is 9.57. The van der Waals surface area contributed by atoms with E-state index in [4.69, 9.17) is 10.4 Å². The van der Waals surface area contributed by atoms with Crippen molar-refractivity contribution < 1.29 is 18.3 Å². The van der Waals surface area contributed by atoms with Crippen molar-refractivity contribution in [2.75, 3.05) is 19.7 Å². The van der Waals surface area contributed by atoms with E-state index in [0.29, 0.717) is 16.9 Å². The van der Waals surface area contributed by atoms with Crippen LogP contribution in [0.15, 0.2) is 11.4 Å². The molecule has 0 atom stereocenters. The molecule has 3 nitrogen and oxygen atoms in total. The second kappa shape index (κ2) is 6.73. The Morgan fingerprint density at radius 1 is 1.44 bits per heavy atom. The lowest BCUT2D eigenvalue weighted by atomic mass is 10.3. The third-order valence-electron chi connectivity index (χ3n) is 2.20. The van der Waals surface area contributed by atoms with Crippen LogP contribution in [0.3, 0.4) is 0 Å². The Kier molecular flexibility index (Phi) is 5.59. The van der Waals surface area contributed by atoms with Gasteiger partial charge in [-0.2, -0.15) is 18.4 Å². The quantitative estimate of drug-likeness (QED) is 0.869. The maximum Gasteiger partial charge on any atom is 0.401 e. The summed E-state index contributed by atoms with van der Waals surface area (Å²) in [6.07, 6.45) is -3.96. The summed E-state index contributed by atoms with van der Waals surface area (Å²) in [4.78, 5) is 1.94. The predicted octanol–water partition coefficient (Wildman–Crippen LogP) is 2.37. The fourth-order valence-electron chi connectivity index (χ4n) is 1.50. The Morgan fingerprint density at radius 2 is 2.17 bits per heavy atom. The van der Waals surface area contributed by atoms with Gasteiger partial charge in [0.05, 0.1) is 12.1 Å². The highest BCUT2D eigenvalue weighted by atomic mass is 32.1. The van der Waals surface area contributed by atoms with Crippen molar-refractivity contribution in [1.29, 1.82) is 5.26 Å². The first-order valence-electron chi connectivity index (χ1n) is 5.32. The van der Waals surface area contributed by atoms with Crippen molar-refractivity contribution in [3.63, 3.8) is 0 Å². The van der Waals surface area contributed by atoms with Crippen molar-refractivity contribution in [1.82, 2.24) is 4.90 Å². The molecule has 1 N–H and O–H groups in total. The van der Waals surface area contributed by atoms with Crippen LogP contribution >= 0.6 is 11.3 Å². The average molecular weight is 278 g/mol. The lowest BCUT2D eigenvalue weighted by Crippen LogP contribution is -2.34. The van der Waals surface area contributed by atoms with Gasteiger partial charge < -0.3 is 5.11 Å². The standard InChI is InChI=1S/C11H13F3N2OS/c12-11(13,14)8-16(2-1-3-17)6-10-4-9(5-15)7-18-10/h4,7,17H,1-3,6,8H2. The molecule has 0 bridgehead atoms. The molecule has 0 saturated heterocycles. The lowest BCUT2D eigenvalue weighted by Gasteiger charge is -2.22. The number of halogens is 3. The van der Waals surface area contributed by atoms with Crippen LogP contribution in [0.4, 0.5) is 13.2 Å². The van der Waals surface area contributed by atoms with Gasteiger partial charge in [-0.25, -0.2) is 0 Å². The SMILES string of the molecule is N#Cc1csc(CN(CCCO)CC(F)(F)F)c1. The number of aliphatic hydroxyl groups is 1. The van der Waals surface area contributed by atoms with Gasteiger partial charge in [-0.15, -0.1) is 11.3 Å². The van der Waals surface area contributed by atoms with Gasteiger partial charge in [0.25, 0.3) is 0 Å². The summed E-state index contributed by atoms with van der Waals surface area (Å²) >= 11 is 1.27. The number of nitrogens with zero attached hydrogens (tertiary/aromatic N) is 2. The molecule has 0 amide bonds. The Labute approximate surface area is 107 Å². The third-order valence-corrected chi connectivity index (χ3v) is 3.12. The maximum absolute atomic E-state index is 12.4. The highest BCUT2D eigenvalue weighted by Crippen LogP contribution is 2.21. The molecule has 1 aromatic rings. The van der Waals surface area contributed by atoms with Crippen LogP contribution in [0, 0.1) is 11.3 Å². The molecule has 0 aliphatic heterocycles. The van der Waals surface area contributed by atoms with Crippen LogP contribution < -0.4 is 0 Å². The van der Waals surface area contributed by atoms with Gasteiger partial charge in [-0.1, -0.05) is 0 Å². The summed E-state index contributed by atoms with van der Waals surface area (Å²) in [5.41, 5.74) is 0.462. The summed E-state index contributed by atoms with van der Waals surface area (Å²) < 4.78 is 37.1. The molecule has 0 fully saturated rings. The van der Waals surface area contributed by atoms with Gasteiger partial charge in [-0.05, 0) is 12.5 Å². The molecule has 1 rings (SSSR count). The van der Waals surface area contributed by atoms with Crippen LogP contribution in [0.1, 0.15) is 16.9 Å². The minimum Gasteiger partial charge on any atom is -0.396 e. The van der Waals surface area contributed by atoms with Gasteiger partial charge in [0.1, 0.15) is 6.07 Å². The van der Waals surface area contributed by atoms with Crippen molar-refractivity contribution >= 4 is 11.3 Å². The summed E-state index contributed by atoms with van der Waals surface area (Å²) in [6.45, 7) is -0.823. The number of aliphatic hydroxyl groups excluding tert-OH is 1. The van der Waals surface area contributed by atoms with Gasteiger partial charge in [0.15, 0.2) is 0 Å². The van der Waals surface area contributed by atoms with Crippen LogP contribution in [0.5, 0.6) is 0 Å². The molecule has 1 aromatic heterocycles. The molecule has 0 aromatic carbocycles. The monoisotopic (exact) mass is 278 g/mol. The summed E-state index contributed by atoms with van der Waals surface area (Å²) in [7, 11) is 0. The highest BCUT2D eigenvalue weighted by molar-refractivity contribution is 7.10. The molecule has 0 saturated carbocycles. The second-order valence-electron chi connectivity index (χ2n) is 3.82. The molecule has 18 heavy (non-hydrogen) atoms. The number of hydrogen-bond acceptors (Lipinski definition) is 4. The van der Waals surface area contributed by atoms with Gasteiger partial charge >= 0.3 is 6.18 Å².